The number of nitrogens with zero attached hydrogens (tertiary/aromatic N) is 1. The molecule has 180 valence electrons. The molecule has 2 aromatic rings. The second kappa shape index (κ2) is 9.98. The molecule has 2 N–H and O–H groups in total. The number of benzene rings is 2. The summed E-state index contributed by atoms with van der Waals surface area (Å²) in [6.45, 7) is 2.12. The summed E-state index contributed by atoms with van der Waals surface area (Å²) in [5.41, 5.74) is 1.12. The molecule has 12 heteroatoms. The van der Waals surface area contributed by atoms with Crippen molar-refractivity contribution in [2.24, 2.45) is 5.92 Å². The van der Waals surface area contributed by atoms with Crippen molar-refractivity contribution in [3.05, 3.63) is 47.0 Å². The van der Waals surface area contributed by atoms with Gasteiger partial charge in [-0.2, -0.15) is 4.31 Å². The number of rotatable bonds is 7. The molecule has 0 aromatic heterocycles. The molecule has 0 bridgehead atoms. The van der Waals surface area contributed by atoms with Crippen LogP contribution in [0, 0.1) is 12.8 Å². The molecular formula is C21H26ClN3O6S2. The van der Waals surface area contributed by atoms with Crippen LogP contribution in [-0.2, 0) is 24.8 Å². The number of amides is 1. The average molecular weight is 516 g/mol. The van der Waals surface area contributed by atoms with E-state index in [4.69, 9.17) is 16.3 Å². The molecule has 3 rings (SSSR count). The van der Waals surface area contributed by atoms with Crippen molar-refractivity contribution in [3.63, 3.8) is 0 Å². The van der Waals surface area contributed by atoms with E-state index in [-0.39, 0.29) is 33.8 Å². The number of sulfonamides is 2. The van der Waals surface area contributed by atoms with Gasteiger partial charge in [-0.1, -0.05) is 17.7 Å². The van der Waals surface area contributed by atoms with Gasteiger partial charge in [-0.3, -0.25) is 4.79 Å². The van der Waals surface area contributed by atoms with Crippen LogP contribution < -0.4 is 14.8 Å². The Morgan fingerprint density at radius 3 is 2.27 bits per heavy atom. The molecular weight excluding hydrogens is 490 g/mol. The summed E-state index contributed by atoms with van der Waals surface area (Å²) >= 11 is 6.08. The molecule has 0 radical (unpaired) electrons. The molecule has 1 heterocycles. The van der Waals surface area contributed by atoms with Crippen LogP contribution in [-0.4, -0.2) is 54.3 Å². The number of hydrogen-bond donors (Lipinski definition) is 2. The van der Waals surface area contributed by atoms with Gasteiger partial charge in [0.05, 0.1) is 21.9 Å². The van der Waals surface area contributed by atoms with E-state index in [0.717, 1.165) is 5.56 Å². The van der Waals surface area contributed by atoms with Gasteiger partial charge in [0.2, 0.25) is 26.0 Å². The van der Waals surface area contributed by atoms with E-state index in [0.29, 0.717) is 24.3 Å². The Balaban J connectivity index is 1.68. The van der Waals surface area contributed by atoms with Gasteiger partial charge in [-0.05, 0) is 62.7 Å². The highest BCUT2D eigenvalue weighted by molar-refractivity contribution is 7.89. The Morgan fingerprint density at radius 1 is 1.06 bits per heavy atom. The van der Waals surface area contributed by atoms with Gasteiger partial charge in [0, 0.05) is 24.7 Å². The summed E-state index contributed by atoms with van der Waals surface area (Å²) in [4.78, 5) is 12.9. The summed E-state index contributed by atoms with van der Waals surface area (Å²) in [6, 6.07) is 8.78. The molecule has 0 saturated carbocycles. The first kappa shape index (κ1) is 25.4. The number of halogens is 1. The number of hydrogen-bond acceptors (Lipinski definition) is 6. The summed E-state index contributed by atoms with van der Waals surface area (Å²) in [7, 11) is -4.65. The minimum atomic E-state index is -3.76. The van der Waals surface area contributed by atoms with Crippen molar-refractivity contribution in [2.75, 3.05) is 32.6 Å². The third kappa shape index (κ3) is 5.49. The molecule has 33 heavy (non-hydrogen) atoms. The zero-order valence-corrected chi connectivity index (χ0v) is 20.8. The van der Waals surface area contributed by atoms with Crippen molar-refractivity contribution in [1.82, 2.24) is 9.03 Å². The van der Waals surface area contributed by atoms with Gasteiger partial charge in [0.25, 0.3) is 0 Å². The lowest BCUT2D eigenvalue weighted by atomic mass is 9.97. The van der Waals surface area contributed by atoms with E-state index < -0.39 is 26.0 Å². The number of nitrogens with one attached hydrogen (secondary N) is 2. The smallest absolute Gasteiger partial charge is 0.243 e. The van der Waals surface area contributed by atoms with Crippen LogP contribution in [0.3, 0.4) is 0 Å². The molecule has 0 aliphatic carbocycles. The summed E-state index contributed by atoms with van der Waals surface area (Å²) in [5.74, 6) is -0.297. The van der Waals surface area contributed by atoms with E-state index in [1.807, 2.05) is 0 Å². The zero-order chi connectivity index (χ0) is 24.4. The Hall–Kier alpha value is -2.18. The van der Waals surface area contributed by atoms with Gasteiger partial charge in [-0.15, -0.1) is 0 Å². The third-order valence-electron chi connectivity index (χ3n) is 5.63. The Morgan fingerprint density at radius 2 is 1.70 bits per heavy atom. The largest absolute Gasteiger partial charge is 0.495 e. The van der Waals surface area contributed by atoms with E-state index >= 15 is 0 Å². The highest BCUT2D eigenvalue weighted by Gasteiger charge is 2.32. The van der Waals surface area contributed by atoms with Crippen LogP contribution in [0.4, 0.5) is 5.69 Å². The van der Waals surface area contributed by atoms with Gasteiger partial charge in [0.1, 0.15) is 5.75 Å². The second-order valence-corrected chi connectivity index (χ2v) is 11.9. The summed E-state index contributed by atoms with van der Waals surface area (Å²) in [6.07, 6.45) is 0.672. The molecule has 0 spiro atoms. The minimum absolute atomic E-state index is 0.0463. The van der Waals surface area contributed by atoms with Crippen molar-refractivity contribution < 1.29 is 26.4 Å². The van der Waals surface area contributed by atoms with E-state index in [1.165, 1.54) is 48.8 Å². The predicted molar refractivity (Wildman–Crippen MR) is 126 cm³/mol. The van der Waals surface area contributed by atoms with Crippen LogP contribution in [0.1, 0.15) is 18.4 Å². The van der Waals surface area contributed by atoms with Crippen LogP contribution in [0.15, 0.2) is 46.2 Å². The fourth-order valence-corrected chi connectivity index (χ4v) is 6.15. The Bertz CT molecular complexity index is 1260. The van der Waals surface area contributed by atoms with Crippen LogP contribution in [0.25, 0.3) is 0 Å². The maximum atomic E-state index is 13.0. The van der Waals surface area contributed by atoms with Gasteiger partial charge in [0.15, 0.2) is 0 Å². The number of piperidine rings is 1. The number of anilines is 1. The maximum Gasteiger partial charge on any atom is 0.243 e. The number of aryl methyl sites for hydroxylation is 1. The monoisotopic (exact) mass is 515 g/mol. The molecule has 2 aromatic carbocycles. The second-order valence-electron chi connectivity index (χ2n) is 7.65. The van der Waals surface area contributed by atoms with Crippen LogP contribution in [0.5, 0.6) is 5.75 Å². The number of carbonyl (C=O) groups is 1. The summed E-state index contributed by atoms with van der Waals surface area (Å²) < 4.78 is 58.7. The first-order chi connectivity index (χ1) is 15.5. The van der Waals surface area contributed by atoms with Crippen molar-refractivity contribution in [3.8, 4) is 5.75 Å². The molecule has 9 nitrogen and oxygen atoms in total. The zero-order valence-electron chi connectivity index (χ0n) is 18.5. The lowest BCUT2D eigenvalue weighted by Crippen LogP contribution is -2.41. The molecule has 1 fully saturated rings. The lowest BCUT2D eigenvalue weighted by molar-refractivity contribution is -0.120. The fourth-order valence-electron chi connectivity index (χ4n) is 3.57. The molecule has 1 aliphatic rings. The van der Waals surface area contributed by atoms with Crippen LogP contribution in [0.2, 0.25) is 5.02 Å². The third-order valence-corrected chi connectivity index (χ3v) is 9.23. The Labute approximate surface area is 199 Å². The quantitative estimate of drug-likeness (QED) is 0.584. The normalized spacial score (nSPS) is 15.9. The van der Waals surface area contributed by atoms with Gasteiger partial charge < -0.3 is 10.1 Å². The minimum Gasteiger partial charge on any atom is -0.495 e. The molecule has 1 saturated heterocycles. The standard InChI is InChI=1S/C21H26ClN3O6S2/c1-14-4-5-16(32(27,28)23-2)13-19(14)24-21(26)15-8-10-25(11-9-15)33(29,30)17-6-7-20(31-3)18(22)12-17/h4-7,12-13,15,23H,8-11H2,1-3H3,(H,24,26). The first-order valence-corrected chi connectivity index (χ1v) is 13.5. The number of ether oxygens (including phenoxy) is 1. The molecule has 0 unspecified atom stereocenters. The van der Waals surface area contributed by atoms with Crippen molar-refractivity contribution in [2.45, 2.75) is 29.6 Å². The fraction of sp³-hybridized carbons (Fsp3) is 0.381. The average Bonchev–Trinajstić information content (AvgIpc) is 2.80. The summed E-state index contributed by atoms with van der Waals surface area (Å²) in [5, 5.41) is 2.99. The van der Waals surface area contributed by atoms with Gasteiger partial charge >= 0.3 is 0 Å². The van der Waals surface area contributed by atoms with Gasteiger partial charge in [-0.25, -0.2) is 21.6 Å². The van der Waals surface area contributed by atoms with E-state index in [9.17, 15) is 21.6 Å². The van der Waals surface area contributed by atoms with Crippen molar-refractivity contribution in [1.29, 1.82) is 0 Å². The van der Waals surface area contributed by atoms with Crippen molar-refractivity contribution >= 4 is 43.2 Å². The highest BCUT2D eigenvalue weighted by Crippen LogP contribution is 2.30. The Kier molecular flexibility index (Phi) is 7.69. The SMILES string of the molecule is CNS(=O)(=O)c1ccc(C)c(NC(=O)C2CCN(S(=O)(=O)c3ccc(OC)c(Cl)c3)CC2)c1. The first-order valence-electron chi connectivity index (χ1n) is 10.2. The molecule has 1 aliphatic heterocycles. The lowest BCUT2D eigenvalue weighted by Gasteiger charge is -2.30. The number of methoxy groups -OCH3 is 1. The molecule has 1 amide bonds. The highest BCUT2D eigenvalue weighted by atomic mass is 35.5. The van der Waals surface area contributed by atoms with E-state index in [1.54, 1.807) is 13.0 Å². The van der Waals surface area contributed by atoms with Crippen LogP contribution >= 0.6 is 11.6 Å². The topological polar surface area (TPSA) is 122 Å². The van der Waals surface area contributed by atoms with E-state index in [2.05, 4.69) is 10.0 Å². The maximum absolute atomic E-state index is 13.0. The molecule has 0 atom stereocenters. The number of carbonyl (C=O) groups excluding carboxylic acids is 1. The predicted octanol–water partition coefficient (Wildman–Crippen LogP) is 2.60.